The minimum atomic E-state index is -0.350. The molecule has 0 spiro atoms. The van der Waals surface area contributed by atoms with Crippen LogP contribution in [-0.4, -0.2) is 28.7 Å². The summed E-state index contributed by atoms with van der Waals surface area (Å²) in [5, 5.41) is 3.58. The van der Waals surface area contributed by atoms with Crippen molar-refractivity contribution >= 4 is 22.7 Å². The number of fused-ring (bicyclic) bond motifs is 3. The van der Waals surface area contributed by atoms with E-state index in [1.165, 1.54) is 6.92 Å². The Bertz CT molecular complexity index is 1410. The normalized spacial score (nSPS) is 18.2. The minimum absolute atomic E-state index is 0.00136. The van der Waals surface area contributed by atoms with Crippen LogP contribution in [0, 0.1) is 0 Å². The van der Waals surface area contributed by atoms with Gasteiger partial charge in [-0.05, 0) is 30.3 Å². The molecule has 172 valence electrons. The highest BCUT2D eigenvalue weighted by Crippen LogP contribution is 2.42. The van der Waals surface area contributed by atoms with Crippen LogP contribution in [0.3, 0.4) is 0 Å². The Labute approximate surface area is 197 Å². The molecule has 0 unspecified atom stereocenters. The number of aryl methyl sites for hydroxylation is 1. The van der Waals surface area contributed by atoms with Gasteiger partial charge in [-0.1, -0.05) is 31.2 Å². The van der Waals surface area contributed by atoms with E-state index >= 15 is 0 Å². The van der Waals surface area contributed by atoms with E-state index in [1.807, 2.05) is 36.4 Å². The van der Waals surface area contributed by atoms with E-state index in [-0.39, 0.29) is 18.1 Å². The molecule has 3 heterocycles. The number of ether oxygens (including phenoxy) is 3. The van der Waals surface area contributed by atoms with Crippen molar-refractivity contribution in [3.63, 3.8) is 0 Å². The average molecular weight is 456 g/mol. The standard InChI is InChI=1S/C27H25N3O4/c1-3-26-29-20-8-4-5-9-22(20)30(26)23-10-6-7-18-21(14-33-27(18)23)28-17-11-12-19-24(13-17)32-15-25(19)34-16(2)31/h4-13,21,25,28H,3,14-15H2,1-2H3/t21-,25+/m0/s1. The number of carbonyl (C=O) groups excluding carboxylic acids is 1. The van der Waals surface area contributed by atoms with Gasteiger partial charge in [0.2, 0.25) is 0 Å². The molecule has 7 nitrogen and oxygen atoms in total. The smallest absolute Gasteiger partial charge is 0.303 e. The molecule has 0 fully saturated rings. The molecule has 2 atom stereocenters. The van der Waals surface area contributed by atoms with Crippen LogP contribution in [0.25, 0.3) is 16.7 Å². The number of nitrogens with zero attached hydrogens (tertiary/aromatic N) is 2. The van der Waals surface area contributed by atoms with Gasteiger partial charge in [-0.2, -0.15) is 0 Å². The van der Waals surface area contributed by atoms with Crippen LogP contribution in [0.5, 0.6) is 11.5 Å². The van der Waals surface area contributed by atoms with Crippen molar-refractivity contribution < 1.29 is 19.0 Å². The second-order valence-corrected chi connectivity index (χ2v) is 8.57. The number of rotatable bonds is 5. The van der Waals surface area contributed by atoms with Crippen LogP contribution >= 0.6 is 0 Å². The van der Waals surface area contributed by atoms with Gasteiger partial charge in [0, 0.05) is 36.2 Å². The monoisotopic (exact) mass is 455 g/mol. The fourth-order valence-electron chi connectivity index (χ4n) is 4.88. The fourth-order valence-corrected chi connectivity index (χ4v) is 4.88. The zero-order valence-corrected chi connectivity index (χ0v) is 19.1. The molecule has 4 aromatic rings. The van der Waals surface area contributed by atoms with Crippen LogP contribution in [0.2, 0.25) is 0 Å². The van der Waals surface area contributed by atoms with E-state index in [4.69, 9.17) is 19.2 Å². The number of nitrogens with one attached hydrogen (secondary N) is 1. The van der Waals surface area contributed by atoms with Crippen molar-refractivity contribution in [1.82, 2.24) is 9.55 Å². The van der Waals surface area contributed by atoms with Gasteiger partial charge in [0.05, 0.1) is 22.8 Å². The lowest BCUT2D eigenvalue weighted by Crippen LogP contribution is -2.12. The zero-order chi connectivity index (χ0) is 23.2. The number of aromatic nitrogens is 2. The van der Waals surface area contributed by atoms with Crippen molar-refractivity contribution in [2.45, 2.75) is 32.4 Å². The van der Waals surface area contributed by atoms with Gasteiger partial charge in [-0.25, -0.2) is 4.98 Å². The third kappa shape index (κ3) is 3.36. The summed E-state index contributed by atoms with van der Waals surface area (Å²) in [6.45, 7) is 4.40. The number of esters is 1. The quantitative estimate of drug-likeness (QED) is 0.421. The second-order valence-electron chi connectivity index (χ2n) is 8.57. The number of imidazole rings is 1. The third-order valence-corrected chi connectivity index (χ3v) is 6.38. The van der Waals surface area contributed by atoms with Crippen LogP contribution < -0.4 is 14.8 Å². The molecule has 1 N–H and O–H groups in total. The van der Waals surface area contributed by atoms with Gasteiger partial charge in [-0.3, -0.25) is 9.36 Å². The van der Waals surface area contributed by atoms with Gasteiger partial charge in [0.1, 0.15) is 30.5 Å². The Morgan fingerprint density at radius 2 is 1.97 bits per heavy atom. The van der Waals surface area contributed by atoms with Crippen molar-refractivity contribution in [2.75, 3.05) is 18.5 Å². The first-order chi connectivity index (χ1) is 16.6. The molecule has 0 radical (unpaired) electrons. The second kappa shape index (κ2) is 8.09. The lowest BCUT2D eigenvalue weighted by Gasteiger charge is -2.15. The van der Waals surface area contributed by atoms with Crippen molar-refractivity contribution in [2.24, 2.45) is 0 Å². The maximum absolute atomic E-state index is 11.3. The molecular formula is C27H25N3O4. The van der Waals surface area contributed by atoms with Gasteiger partial charge in [0.15, 0.2) is 6.10 Å². The highest BCUT2D eigenvalue weighted by atomic mass is 16.6. The molecule has 2 aliphatic heterocycles. The molecule has 2 aliphatic rings. The molecule has 0 amide bonds. The molecule has 0 aliphatic carbocycles. The van der Waals surface area contributed by atoms with Gasteiger partial charge >= 0.3 is 5.97 Å². The highest BCUT2D eigenvalue weighted by Gasteiger charge is 2.30. The lowest BCUT2D eigenvalue weighted by molar-refractivity contribution is -0.147. The summed E-state index contributed by atoms with van der Waals surface area (Å²) >= 11 is 0. The van der Waals surface area contributed by atoms with E-state index in [0.29, 0.717) is 13.2 Å². The number of carbonyl (C=O) groups is 1. The molecule has 3 aromatic carbocycles. The summed E-state index contributed by atoms with van der Waals surface area (Å²) < 4.78 is 19.5. The first-order valence-electron chi connectivity index (χ1n) is 11.6. The van der Waals surface area contributed by atoms with E-state index < -0.39 is 0 Å². The first kappa shape index (κ1) is 20.6. The average Bonchev–Trinajstić information content (AvgIpc) is 3.54. The van der Waals surface area contributed by atoms with E-state index in [1.54, 1.807) is 0 Å². The number of benzene rings is 3. The molecule has 7 heteroatoms. The van der Waals surface area contributed by atoms with Gasteiger partial charge in [0.25, 0.3) is 0 Å². The summed E-state index contributed by atoms with van der Waals surface area (Å²) in [6, 6.07) is 20.4. The Balaban J connectivity index is 1.31. The van der Waals surface area contributed by atoms with Gasteiger partial charge < -0.3 is 19.5 Å². The maximum Gasteiger partial charge on any atom is 0.303 e. The zero-order valence-electron chi connectivity index (χ0n) is 19.1. The molecule has 0 saturated carbocycles. The summed E-state index contributed by atoms with van der Waals surface area (Å²) in [5.41, 5.74) is 5.99. The van der Waals surface area contributed by atoms with Crippen molar-refractivity contribution in [3.05, 3.63) is 77.6 Å². The molecular weight excluding hydrogens is 430 g/mol. The Kier molecular flexibility index (Phi) is 4.90. The van der Waals surface area contributed by atoms with Crippen LogP contribution in [0.4, 0.5) is 5.69 Å². The first-order valence-corrected chi connectivity index (χ1v) is 11.6. The maximum atomic E-state index is 11.3. The molecule has 1 aromatic heterocycles. The summed E-state index contributed by atoms with van der Waals surface area (Å²) in [5.74, 6) is 2.32. The number of para-hydroxylation sites is 3. The van der Waals surface area contributed by atoms with E-state index in [0.717, 1.165) is 57.3 Å². The van der Waals surface area contributed by atoms with Crippen LogP contribution in [-0.2, 0) is 16.0 Å². The topological polar surface area (TPSA) is 74.6 Å². The predicted octanol–water partition coefficient (Wildman–Crippen LogP) is 5.13. The van der Waals surface area contributed by atoms with Crippen LogP contribution in [0.15, 0.2) is 60.7 Å². The summed E-state index contributed by atoms with van der Waals surface area (Å²) in [6.07, 6.45) is 0.473. The highest BCUT2D eigenvalue weighted by molar-refractivity contribution is 5.79. The van der Waals surface area contributed by atoms with Crippen molar-refractivity contribution in [3.8, 4) is 17.2 Å². The molecule has 6 rings (SSSR count). The van der Waals surface area contributed by atoms with Crippen molar-refractivity contribution in [1.29, 1.82) is 0 Å². The van der Waals surface area contributed by atoms with E-state index in [2.05, 4.69) is 41.1 Å². The summed E-state index contributed by atoms with van der Waals surface area (Å²) in [4.78, 5) is 16.2. The molecule has 0 bridgehead atoms. The largest absolute Gasteiger partial charge is 0.489 e. The minimum Gasteiger partial charge on any atom is -0.489 e. The third-order valence-electron chi connectivity index (χ3n) is 6.38. The molecule has 34 heavy (non-hydrogen) atoms. The van der Waals surface area contributed by atoms with Gasteiger partial charge in [-0.15, -0.1) is 0 Å². The SMILES string of the molecule is CCc1nc2ccccc2n1-c1cccc2c1OC[C@@H]2Nc1ccc2c(c1)OC[C@H]2OC(C)=O. The number of anilines is 1. The fraction of sp³-hybridized carbons (Fsp3) is 0.259. The lowest BCUT2D eigenvalue weighted by atomic mass is 10.1. The Morgan fingerprint density at radius 3 is 2.82 bits per heavy atom. The Hall–Kier alpha value is -4.00. The molecule has 0 saturated heterocycles. The number of hydrogen-bond acceptors (Lipinski definition) is 6. The predicted molar refractivity (Wildman–Crippen MR) is 129 cm³/mol. The van der Waals surface area contributed by atoms with E-state index in [9.17, 15) is 4.79 Å². The number of hydrogen-bond donors (Lipinski definition) is 1. The Morgan fingerprint density at radius 1 is 1.09 bits per heavy atom. The van der Waals surface area contributed by atoms with Crippen LogP contribution in [0.1, 0.15) is 42.9 Å². The summed E-state index contributed by atoms with van der Waals surface area (Å²) in [7, 11) is 0.